The van der Waals surface area contributed by atoms with Crippen molar-refractivity contribution in [3.8, 4) is 0 Å². The van der Waals surface area contributed by atoms with Gasteiger partial charge in [0.25, 0.3) is 0 Å². The van der Waals surface area contributed by atoms with Crippen molar-refractivity contribution in [2.45, 2.75) is 13.3 Å². The third kappa shape index (κ3) is 3.46. The van der Waals surface area contributed by atoms with Crippen LogP contribution in [0.1, 0.15) is 12.6 Å². The summed E-state index contributed by atoms with van der Waals surface area (Å²) in [5.74, 6) is -1.17. The number of hydrogen-bond donors (Lipinski definition) is 0. The van der Waals surface area contributed by atoms with Crippen molar-refractivity contribution < 1.29 is 14.3 Å². The molecule has 0 N–H and O–H groups in total. The van der Waals surface area contributed by atoms with E-state index in [1.807, 2.05) is 0 Å². The molecule has 1 aromatic heterocycles. The van der Waals surface area contributed by atoms with E-state index >= 15 is 0 Å². The Morgan fingerprint density at radius 3 is 2.77 bits per heavy atom. The molecule has 0 fully saturated rings. The van der Waals surface area contributed by atoms with Crippen molar-refractivity contribution in [2.75, 3.05) is 0 Å². The zero-order valence-corrected chi connectivity index (χ0v) is 7.19. The predicted molar refractivity (Wildman–Crippen MR) is 44.7 cm³/mol. The largest absolute Gasteiger partial charge is 0.393 e. The second kappa shape index (κ2) is 4.35. The van der Waals surface area contributed by atoms with Crippen LogP contribution in [0.2, 0.25) is 0 Å². The number of nitrogens with zero attached hydrogens (tertiary/aromatic N) is 1. The average Bonchev–Trinajstić information content (AvgIpc) is 2.04. The first-order chi connectivity index (χ1) is 6.18. The van der Waals surface area contributed by atoms with Gasteiger partial charge in [-0.05, 0) is 12.1 Å². The number of ether oxygens (including phenoxy) is 1. The third-order valence-electron chi connectivity index (χ3n) is 1.31. The second-order valence-electron chi connectivity index (χ2n) is 2.46. The van der Waals surface area contributed by atoms with Crippen LogP contribution in [-0.4, -0.2) is 16.9 Å². The fourth-order valence-electron chi connectivity index (χ4n) is 0.847. The molecular weight excluding hydrogens is 170 g/mol. The molecule has 1 rings (SSSR count). The lowest BCUT2D eigenvalue weighted by Crippen LogP contribution is -2.12. The Kier molecular flexibility index (Phi) is 3.14. The highest BCUT2D eigenvalue weighted by Gasteiger charge is 2.07. The van der Waals surface area contributed by atoms with Gasteiger partial charge in [0.1, 0.15) is 0 Å². The minimum Gasteiger partial charge on any atom is -0.393 e. The molecule has 0 saturated carbocycles. The van der Waals surface area contributed by atoms with Crippen molar-refractivity contribution in [3.05, 3.63) is 30.1 Å². The molecule has 0 radical (unpaired) electrons. The zero-order valence-electron chi connectivity index (χ0n) is 7.19. The Balaban J connectivity index is 2.50. The Morgan fingerprint density at radius 2 is 2.23 bits per heavy atom. The van der Waals surface area contributed by atoms with Gasteiger partial charge in [-0.15, -0.1) is 0 Å². The summed E-state index contributed by atoms with van der Waals surface area (Å²) in [5, 5.41) is 0. The van der Waals surface area contributed by atoms with E-state index in [2.05, 4.69) is 9.72 Å². The molecule has 0 atom stereocenters. The summed E-state index contributed by atoms with van der Waals surface area (Å²) in [6.07, 6.45) is 1.61. The minimum atomic E-state index is -0.596. The van der Waals surface area contributed by atoms with Crippen LogP contribution in [0.25, 0.3) is 0 Å². The van der Waals surface area contributed by atoms with Gasteiger partial charge in [0.2, 0.25) is 0 Å². The number of esters is 2. The monoisotopic (exact) mass is 179 g/mol. The summed E-state index contributed by atoms with van der Waals surface area (Å²) in [5.41, 5.74) is 0.591. The first kappa shape index (κ1) is 9.38. The summed E-state index contributed by atoms with van der Waals surface area (Å²) in [7, 11) is 0. The van der Waals surface area contributed by atoms with E-state index in [1.54, 1.807) is 24.4 Å². The molecule has 0 spiro atoms. The Labute approximate surface area is 75.5 Å². The highest BCUT2D eigenvalue weighted by Crippen LogP contribution is 1.96. The number of carbonyl (C=O) groups is 2. The van der Waals surface area contributed by atoms with Gasteiger partial charge in [-0.1, -0.05) is 6.07 Å². The van der Waals surface area contributed by atoms with E-state index in [1.165, 1.54) is 6.92 Å². The summed E-state index contributed by atoms with van der Waals surface area (Å²) < 4.78 is 4.34. The molecule has 0 amide bonds. The maximum absolute atomic E-state index is 10.9. The van der Waals surface area contributed by atoms with Gasteiger partial charge in [0.05, 0.1) is 12.1 Å². The topological polar surface area (TPSA) is 56.3 Å². The SMILES string of the molecule is CC(=O)OC(=O)Cc1ccccn1. The maximum Gasteiger partial charge on any atom is 0.319 e. The van der Waals surface area contributed by atoms with Crippen molar-refractivity contribution in [3.63, 3.8) is 0 Å². The van der Waals surface area contributed by atoms with E-state index in [9.17, 15) is 9.59 Å². The van der Waals surface area contributed by atoms with Gasteiger partial charge in [-0.25, -0.2) is 0 Å². The Morgan fingerprint density at radius 1 is 1.46 bits per heavy atom. The van der Waals surface area contributed by atoms with E-state index in [0.29, 0.717) is 5.69 Å². The molecule has 13 heavy (non-hydrogen) atoms. The smallest absolute Gasteiger partial charge is 0.319 e. The molecule has 4 heteroatoms. The van der Waals surface area contributed by atoms with Crippen molar-refractivity contribution >= 4 is 11.9 Å². The van der Waals surface area contributed by atoms with E-state index in [-0.39, 0.29) is 6.42 Å². The van der Waals surface area contributed by atoms with Crippen molar-refractivity contribution in [2.24, 2.45) is 0 Å². The quantitative estimate of drug-likeness (QED) is 0.495. The van der Waals surface area contributed by atoms with Crippen LogP contribution in [0, 0.1) is 0 Å². The molecule has 0 aliphatic carbocycles. The molecule has 68 valence electrons. The fourth-order valence-corrected chi connectivity index (χ4v) is 0.847. The lowest BCUT2D eigenvalue weighted by atomic mass is 10.3. The summed E-state index contributed by atoms with van der Waals surface area (Å²) >= 11 is 0. The van der Waals surface area contributed by atoms with Crippen LogP contribution >= 0.6 is 0 Å². The fraction of sp³-hybridized carbons (Fsp3) is 0.222. The second-order valence-corrected chi connectivity index (χ2v) is 2.46. The lowest BCUT2D eigenvalue weighted by molar-refractivity contribution is -0.157. The van der Waals surface area contributed by atoms with Crippen LogP contribution in [-0.2, 0) is 20.7 Å². The van der Waals surface area contributed by atoms with Crippen LogP contribution in [0.3, 0.4) is 0 Å². The minimum absolute atomic E-state index is 0.0282. The van der Waals surface area contributed by atoms with E-state index in [4.69, 9.17) is 0 Å². The van der Waals surface area contributed by atoms with Crippen LogP contribution in [0.4, 0.5) is 0 Å². The summed E-state index contributed by atoms with van der Waals surface area (Å²) in [6.45, 7) is 1.19. The van der Waals surface area contributed by atoms with Crippen LogP contribution < -0.4 is 0 Å². The number of carbonyl (C=O) groups excluding carboxylic acids is 2. The van der Waals surface area contributed by atoms with Crippen LogP contribution in [0.15, 0.2) is 24.4 Å². The van der Waals surface area contributed by atoms with Crippen LogP contribution in [0.5, 0.6) is 0 Å². The number of rotatable bonds is 2. The third-order valence-corrected chi connectivity index (χ3v) is 1.31. The van der Waals surface area contributed by atoms with Crippen molar-refractivity contribution in [1.29, 1.82) is 0 Å². The van der Waals surface area contributed by atoms with Gasteiger partial charge >= 0.3 is 11.9 Å². The van der Waals surface area contributed by atoms with Gasteiger partial charge < -0.3 is 4.74 Å². The molecule has 0 bridgehead atoms. The Bertz CT molecular complexity index is 308. The molecule has 1 aromatic rings. The summed E-state index contributed by atoms with van der Waals surface area (Å²) in [4.78, 5) is 25.2. The number of pyridine rings is 1. The molecular formula is C9H9NO3. The lowest BCUT2D eigenvalue weighted by Gasteiger charge is -1.98. The molecule has 0 unspecified atom stereocenters. The number of hydrogen-bond acceptors (Lipinski definition) is 4. The Hall–Kier alpha value is -1.71. The first-order valence-corrected chi connectivity index (χ1v) is 3.79. The van der Waals surface area contributed by atoms with Gasteiger partial charge in [-0.2, -0.15) is 0 Å². The van der Waals surface area contributed by atoms with Gasteiger partial charge in [0.15, 0.2) is 0 Å². The van der Waals surface area contributed by atoms with E-state index in [0.717, 1.165) is 0 Å². The van der Waals surface area contributed by atoms with Crippen molar-refractivity contribution in [1.82, 2.24) is 4.98 Å². The number of aromatic nitrogens is 1. The molecule has 0 aromatic carbocycles. The van der Waals surface area contributed by atoms with E-state index < -0.39 is 11.9 Å². The zero-order chi connectivity index (χ0) is 9.68. The standard InChI is InChI=1S/C9H9NO3/c1-7(11)13-9(12)6-8-4-2-3-5-10-8/h2-5H,6H2,1H3. The van der Waals surface area contributed by atoms with Gasteiger partial charge in [-0.3, -0.25) is 14.6 Å². The molecule has 4 nitrogen and oxygen atoms in total. The predicted octanol–water partition coefficient (Wildman–Crippen LogP) is 0.714. The average molecular weight is 179 g/mol. The molecule has 0 saturated heterocycles. The molecule has 1 heterocycles. The molecule has 0 aliphatic heterocycles. The highest BCUT2D eigenvalue weighted by molar-refractivity contribution is 5.85. The summed E-state index contributed by atoms with van der Waals surface area (Å²) in [6, 6.07) is 5.21. The maximum atomic E-state index is 10.9. The van der Waals surface area contributed by atoms with Gasteiger partial charge in [0, 0.05) is 13.1 Å². The highest BCUT2D eigenvalue weighted by atomic mass is 16.6. The molecule has 0 aliphatic rings. The first-order valence-electron chi connectivity index (χ1n) is 3.79. The normalized spacial score (nSPS) is 9.31.